The summed E-state index contributed by atoms with van der Waals surface area (Å²) in [5.74, 6) is -0.391. The molecule has 0 saturated carbocycles. The van der Waals surface area contributed by atoms with Gasteiger partial charge in [-0.2, -0.15) is 0 Å². The van der Waals surface area contributed by atoms with E-state index in [0.29, 0.717) is 18.1 Å². The Morgan fingerprint density at radius 3 is 2.69 bits per heavy atom. The molecule has 3 nitrogen and oxygen atoms in total. The lowest BCUT2D eigenvalue weighted by Gasteiger charge is -2.11. The molecule has 0 fully saturated rings. The standard InChI is InChI=1S/C11H14ClNO2.ClH/c1-2-15-11(14)10(13)7-8-5-3-4-6-9(8)12;/h3-6,10H,2,7,13H2,1H3;1H. The summed E-state index contributed by atoms with van der Waals surface area (Å²) in [4.78, 5) is 11.3. The molecular weight excluding hydrogens is 249 g/mol. The fraction of sp³-hybridized carbons (Fsp3) is 0.364. The van der Waals surface area contributed by atoms with E-state index in [9.17, 15) is 4.79 Å². The highest BCUT2D eigenvalue weighted by molar-refractivity contribution is 6.31. The van der Waals surface area contributed by atoms with Crippen molar-refractivity contribution in [2.75, 3.05) is 6.61 Å². The summed E-state index contributed by atoms with van der Waals surface area (Å²) < 4.78 is 4.81. The van der Waals surface area contributed by atoms with Crippen LogP contribution in [0.25, 0.3) is 0 Å². The van der Waals surface area contributed by atoms with Crippen molar-refractivity contribution in [3.05, 3.63) is 34.9 Å². The molecule has 0 spiro atoms. The number of esters is 1. The summed E-state index contributed by atoms with van der Waals surface area (Å²) in [6, 6.07) is 6.67. The van der Waals surface area contributed by atoms with Crippen LogP contribution in [-0.4, -0.2) is 18.6 Å². The molecule has 0 aliphatic rings. The molecule has 2 N–H and O–H groups in total. The third-order valence-electron chi connectivity index (χ3n) is 1.99. The number of carbonyl (C=O) groups is 1. The van der Waals surface area contributed by atoms with E-state index >= 15 is 0 Å². The molecule has 16 heavy (non-hydrogen) atoms. The van der Waals surface area contributed by atoms with Gasteiger partial charge in [0.15, 0.2) is 0 Å². The Morgan fingerprint density at radius 2 is 2.12 bits per heavy atom. The lowest BCUT2D eigenvalue weighted by atomic mass is 10.1. The summed E-state index contributed by atoms with van der Waals surface area (Å²) in [6.07, 6.45) is 0.401. The monoisotopic (exact) mass is 263 g/mol. The third kappa shape index (κ3) is 4.39. The maximum absolute atomic E-state index is 11.3. The summed E-state index contributed by atoms with van der Waals surface area (Å²) in [6.45, 7) is 2.09. The zero-order valence-corrected chi connectivity index (χ0v) is 10.6. The smallest absolute Gasteiger partial charge is 0.323 e. The van der Waals surface area contributed by atoms with Crippen LogP contribution in [0.15, 0.2) is 24.3 Å². The molecule has 1 unspecified atom stereocenters. The maximum Gasteiger partial charge on any atom is 0.323 e. The van der Waals surface area contributed by atoms with Gasteiger partial charge in [0.05, 0.1) is 6.61 Å². The number of halogens is 2. The second-order valence-electron chi connectivity index (χ2n) is 3.15. The molecule has 1 aromatic carbocycles. The lowest BCUT2D eigenvalue weighted by molar-refractivity contribution is -0.144. The SMILES string of the molecule is CCOC(=O)C(N)Cc1ccccc1Cl.Cl. The third-order valence-corrected chi connectivity index (χ3v) is 2.36. The van der Waals surface area contributed by atoms with Gasteiger partial charge in [-0.25, -0.2) is 0 Å². The minimum absolute atomic E-state index is 0. The van der Waals surface area contributed by atoms with Crippen molar-refractivity contribution < 1.29 is 9.53 Å². The second-order valence-corrected chi connectivity index (χ2v) is 3.56. The predicted octanol–water partition coefficient (Wildman–Crippen LogP) is 2.19. The number of hydrogen-bond acceptors (Lipinski definition) is 3. The van der Waals surface area contributed by atoms with Crippen LogP contribution in [-0.2, 0) is 16.0 Å². The Kier molecular flexibility index (Phi) is 7.13. The van der Waals surface area contributed by atoms with Gasteiger partial charge >= 0.3 is 5.97 Å². The van der Waals surface area contributed by atoms with E-state index in [-0.39, 0.29) is 12.4 Å². The molecule has 0 amide bonds. The van der Waals surface area contributed by atoms with Crippen molar-refractivity contribution in [1.29, 1.82) is 0 Å². The highest BCUT2D eigenvalue weighted by Gasteiger charge is 2.15. The first-order chi connectivity index (χ1) is 7.15. The van der Waals surface area contributed by atoms with E-state index < -0.39 is 12.0 Å². The summed E-state index contributed by atoms with van der Waals surface area (Å²) >= 11 is 5.94. The van der Waals surface area contributed by atoms with Gasteiger partial charge in [-0.05, 0) is 25.0 Å². The fourth-order valence-electron chi connectivity index (χ4n) is 1.23. The zero-order valence-electron chi connectivity index (χ0n) is 8.98. The van der Waals surface area contributed by atoms with Crippen molar-refractivity contribution >= 4 is 30.0 Å². The van der Waals surface area contributed by atoms with Gasteiger partial charge in [0.2, 0.25) is 0 Å². The quantitative estimate of drug-likeness (QED) is 0.848. The molecule has 0 bridgehead atoms. The largest absolute Gasteiger partial charge is 0.465 e. The van der Waals surface area contributed by atoms with Gasteiger partial charge in [0.1, 0.15) is 6.04 Å². The highest BCUT2D eigenvalue weighted by atomic mass is 35.5. The Labute approximate surface area is 106 Å². The first-order valence-corrected chi connectivity index (χ1v) is 5.18. The average Bonchev–Trinajstić information content (AvgIpc) is 2.21. The molecule has 0 aromatic heterocycles. The molecule has 0 aliphatic carbocycles. The molecule has 0 aliphatic heterocycles. The Balaban J connectivity index is 0.00000225. The van der Waals surface area contributed by atoms with E-state index in [4.69, 9.17) is 22.1 Å². The molecule has 90 valence electrons. The molecule has 0 radical (unpaired) electrons. The number of nitrogens with two attached hydrogens (primary N) is 1. The van der Waals surface area contributed by atoms with E-state index in [2.05, 4.69) is 0 Å². The topological polar surface area (TPSA) is 52.3 Å². The minimum Gasteiger partial charge on any atom is -0.465 e. The van der Waals surface area contributed by atoms with Crippen LogP contribution < -0.4 is 5.73 Å². The van der Waals surface area contributed by atoms with Gasteiger partial charge in [0.25, 0.3) is 0 Å². The number of benzene rings is 1. The highest BCUT2D eigenvalue weighted by Crippen LogP contribution is 2.16. The van der Waals surface area contributed by atoms with Crippen LogP contribution in [0.4, 0.5) is 0 Å². The lowest BCUT2D eigenvalue weighted by Crippen LogP contribution is -2.34. The molecule has 1 atom stereocenters. The number of ether oxygens (including phenoxy) is 1. The molecule has 0 saturated heterocycles. The van der Waals surface area contributed by atoms with Crippen LogP contribution in [0.5, 0.6) is 0 Å². The first kappa shape index (κ1) is 15.2. The summed E-state index contributed by atoms with van der Waals surface area (Å²) in [5.41, 5.74) is 6.53. The van der Waals surface area contributed by atoms with E-state index in [1.165, 1.54) is 0 Å². The van der Waals surface area contributed by atoms with Crippen molar-refractivity contribution in [3.8, 4) is 0 Å². The minimum atomic E-state index is -0.648. The van der Waals surface area contributed by atoms with Crippen molar-refractivity contribution in [1.82, 2.24) is 0 Å². The first-order valence-electron chi connectivity index (χ1n) is 4.80. The summed E-state index contributed by atoms with van der Waals surface area (Å²) in [7, 11) is 0. The van der Waals surface area contributed by atoms with Crippen LogP contribution in [0.1, 0.15) is 12.5 Å². The van der Waals surface area contributed by atoms with E-state index in [1.54, 1.807) is 13.0 Å². The van der Waals surface area contributed by atoms with Gasteiger partial charge in [-0.3, -0.25) is 4.79 Å². The molecular formula is C11H15Cl2NO2. The number of carbonyl (C=O) groups excluding carboxylic acids is 1. The van der Waals surface area contributed by atoms with Crippen LogP contribution in [0.2, 0.25) is 5.02 Å². The van der Waals surface area contributed by atoms with Gasteiger partial charge in [0, 0.05) is 5.02 Å². The second kappa shape index (κ2) is 7.49. The van der Waals surface area contributed by atoms with Gasteiger partial charge in [-0.1, -0.05) is 29.8 Å². The van der Waals surface area contributed by atoms with Crippen molar-refractivity contribution in [2.24, 2.45) is 5.73 Å². The van der Waals surface area contributed by atoms with E-state index in [0.717, 1.165) is 5.56 Å². The molecule has 5 heteroatoms. The zero-order chi connectivity index (χ0) is 11.3. The average molecular weight is 264 g/mol. The molecule has 0 heterocycles. The predicted molar refractivity (Wildman–Crippen MR) is 67.0 cm³/mol. The van der Waals surface area contributed by atoms with Crippen molar-refractivity contribution in [2.45, 2.75) is 19.4 Å². The molecule has 1 rings (SSSR count). The maximum atomic E-state index is 11.3. The van der Waals surface area contributed by atoms with Gasteiger partial charge < -0.3 is 10.5 Å². The summed E-state index contributed by atoms with van der Waals surface area (Å²) in [5, 5.41) is 0.622. The number of rotatable bonds is 4. The van der Waals surface area contributed by atoms with Gasteiger partial charge in [-0.15, -0.1) is 12.4 Å². The van der Waals surface area contributed by atoms with Crippen molar-refractivity contribution in [3.63, 3.8) is 0 Å². The van der Waals surface area contributed by atoms with Crippen LogP contribution >= 0.6 is 24.0 Å². The van der Waals surface area contributed by atoms with Crippen LogP contribution in [0, 0.1) is 0 Å². The Bertz CT molecular complexity index is 345. The number of hydrogen-bond donors (Lipinski definition) is 1. The normalized spacial score (nSPS) is 11.4. The Hall–Kier alpha value is -0.770. The Morgan fingerprint density at radius 1 is 1.50 bits per heavy atom. The van der Waals surface area contributed by atoms with Crippen LogP contribution in [0.3, 0.4) is 0 Å². The van der Waals surface area contributed by atoms with E-state index in [1.807, 2.05) is 18.2 Å². The fourth-order valence-corrected chi connectivity index (χ4v) is 1.45. The molecule has 1 aromatic rings.